The predicted octanol–water partition coefficient (Wildman–Crippen LogP) is 2.49. The number of hydrogen-bond acceptors (Lipinski definition) is 4. The van der Waals surface area contributed by atoms with Crippen LogP contribution in [-0.2, 0) is 0 Å². The van der Waals surface area contributed by atoms with Gasteiger partial charge < -0.3 is 10.6 Å². The molecule has 18 heavy (non-hydrogen) atoms. The highest BCUT2D eigenvalue weighted by Crippen LogP contribution is 2.31. The van der Waals surface area contributed by atoms with E-state index in [0.717, 1.165) is 11.4 Å². The molecule has 0 amide bonds. The van der Waals surface area contributed by atoms with Crippen LogP contribution in [0.15, 0.2) is 24.3 Å². The molecule has 0 saturated heterocycles. The zero-order valence-electron chi connectivity index (χ0n) is 10.5. The number of ketones is 2. The maximum atomic E-state index is 12.0. The molecule has 0 fully saturated rings. The van der Waals surface area contributed by atoms with Gasteiger partial charge in [-0.25, -0.2) is 0 Å². The third-order valence-corrected chi connectivity index (χ3v) is 2.82. The van der Waals surface area contributed by atoms with Crippen molar-refractivity contribution in [3.63, 3.8) is 0 Å². The second-order valence-electron chi connectivity index (χ2n) is 4.03. The molecule has 1 aliphatic carbocycles. The molecule has 0 spiro atoms. The van der Waals surface area contributed by atoms with Crippen molar-refractivity contribution in [3.05, 3.63) is 35.4 Å². The Kier molecular flexibility index (Phi) is 3.46. The van der Waals surface area contributed by atoms with Gasteiger partial charge >= 0.3 is 0 Å². The molecule has 0 saturated carbocycles. The molecule has 0 bridgehead atoms. The molecule has 0 atom stereocenters. The highest BCUT2D eigenvalue weighted by Gasteiger charge is 2.25. The predicted molar refractivity (Wildman–Crippen MR) is 72.6 cm³/mol. The SMILES string of the molecule is CCNc1ccc(NCC)c2c1C(=O)C=CC2=O. The number of benzene rings is 1. The minimum atomic E-state index is -0.125. The van der Waals surface area contributed by atoms with Gasteiger partial charge in [0.15, 0.2) is 11.6 Å². The van der Waals surface area contributed by atoms with E-state index in [9.17, 15) is 9.59 Å². The van der Waals surface area contributed by atoms with Crippen LogP contribution < -0.4 is 10.6 Å². The average Bonchev–Trinajstić information content (AvgIpc) is 2.36. The van der Waals surface area contributed by atoms with E-state index in [2.05, 4.69) is 10.6 Å². The highest BCUT2D eigenvalue weighted by atomic mass is 16.1. The second-order valence-corrected chi connectivity index (χ2v) is 4.03. The van der Waals surface area contributed by atoms with Crippen molar-refractivity contribution in [1.29, 1.82) is 0 Å². The fourth-order valence-electron chi connectivity index (χ4n) is 2.11. The van der Waals surface area contributed by atoms with Crippen molar-refractivity contribution in [2.45, 2.75) is 13.8 Å². The topological polar surface area (TPSA) is 58.2 Å². The zero-order chi connectivity index (χ0) is 13.1. The molecule has 4 heteroatoms. The van der Waals surface area contributed by atoms with Gasteiger partial charge in [-0.15, -0.1) is 0 Å². The Morgan fingerprint density at radius 3 is 1.56 bits per heavy atom. The number of carbonyl (C=O) groups is 2. The third kappa shape index (κ3) is 2.01. The summed E-state index contributed by atoms with van der Waals surface area (Å²) in [6.07, 6.45) is 2.67. The first-order chi connectivity index (χ1) is 8.69. The molecule has 1 aromatic carbocycles. The average molecular weight is 244 g/mol. The van der Waals surface area contributed by atoms with Gasteiger partial charge in [-0.3, -0.25) is 9.59 Å². The monoisotopic (exact) mass is 244 g/mol. The molecule has 0 radical (unpaired) electrons. The van der Waals surface area contributed by atoms with E-state index in [1.165, 1.54) is 12.2 Å². The lowest BCUT2D eigenvalue weighted by atomic mass is 9.91. The van der Waals surface area contributed by atoms with Crippen molar-refractivity contribution in [2.75, 3.05) is 23.7 Å². The van der Waals surface area contributed by atoms with E-state index < -0.39 is 0 Å². The quantitative estimate of drug-likeness (QED) is 0.854. The second kappa shape index (κ2) is 5.04. The number of nitrogens with one attached hydrogen (secondary N) is 2. The number of hydrogen-bond donors (Lipinski definition) is 2. The summed E-state index contributed by atoms with van der Waals surface area (Å²) in [5.74, 6) is -0.249. The largest absolute Gasteiger partial charge is 0.385 e. The lowest BCUT2D eigenvalue weighted by Gasteiger charge is -2.18. The molecular weight excluding hydrogens is 228 g/mol. The molecule has 0 aliphatic heterocycles. The maximum absolute atomic E-state index is 12.0. The van der Waals surface area contributed by atoms with E-state index in [1.54, 1.807) is 0 Å². The molecule has 4 nitrogen and oxygen atoms in total. The zero-order valence-corrected chi connectivity index (χ0v) is 10.5. The Morgan fingerprint density at radius 1 is 0.833 bits per heavy atom. The Hall–Kier alpha value is -2.10. The molecular formula is C14H16N2O2. The van der Waals surface area contributed by atoms with Crippen LogP contribution in [0.5, 0.6) is 0 Å². The Morgan fingerprint density at radius 2 is 1.22 bits per heavy atom. The molecule has 0 heterocycles. The molecule has 1 aromatic rings. The highest BCUT2D eigenvalue weighted by molar-refractivity contribution is 6.26. The fourth-order valence-corrected chi connectivity index (χ4v) is 2.11. The Balaban J connectivity index is 2.63. The molecule has 2 N–H and O–H groups in total. The first-order valence-electron chi connectivity index (χ1n) is 6.10. The third-order valence-electron chi connectivity index (χ3n) is 2.82. The van der Waals surface area contributed by atoms with Crippen molar-refractivity contribution >= 4 is 22.9 Å². The lowest BCUT2D eigenvalue weighted by molar-refractivity contribution is 0.0995. The van der Waals surface area contributed by atoms with E-state index in [4.69, 9.17) is 0 Å². The Bertz CT molecular complexity index is 486. The van der Waals surface area contributed by atoms with Gasteiger partial charge in [-0.1, -0.05) is 0 Å². The molecule has 1 aliphatic rings. The van der Waals surface area contributed by atoms with Crippen LogP contribution in [0.1, 0.15) is 34.6 Å². The number of rotatable bonds is 4. The lowest BCUT2D eigenvalue weighted by Crippen LogP contribution is -2.17. The van der Waals surface area contributed by atoms with Gasteiger partial charge in [0, 0.05) is 24.5 Å². The Labute approximate surface area is 106 Å². The summed E-state index contributed by atoms with van der Waals surface area (Å²) >= 11 is 0. The summed E-state index contributed by atoms with van der Waals surface area (Å²) in [5, 5.41) is 6.24. The van der Waals surface area contributed by atoms with Gasteiger partial charge in [0.2, 0.25) is 0 Å². The van der Waals surface area contributed by atoms with Crippen LogP contribution in [0.3, 0.4) is 0 Å². The number of fused-ring (bicyclic) bond motifs is 1. The van der Waals surface area contributed by atoms with Crippen molar-refractivity contribution in [2.24, 2.45) is 0 Å². The van der Waals surface area contributed by atoms with Crippen molar-refractivity contribution < 1.29 is 9.59 Å². The minimum Gasteiger partial charge on any atom is -0.385 e. The summed E-state index contributed by atoms with van der Waals surface area (Å²) < 4.78 is 0. The van der Waals surface area contributed by atoms with E-state index in [-0.39, 0.29) is 11.6 Å². The van der Waals surface area contributed by atoms with Crippen LogP contribution in [0, 0.1) is 0 Å². The van der Waals surface area contributed by atoms with E-state index in [1.807, 2.05) is 26.0 Å². The van der Waals surface area contributed by atoms with Crippen molar-refractivity contribution in [1.82, 2.24) is 0 Å². The summed E-state index contributed by atoms with van der Waals surface area (Å²) in [6.45, 7) is 5.32. The molecule has 0 aromatic heterocycles. The molecule has 94 valence electrons. The summed E-state index contributed by atoms with van der Waals surface area (Å²) in [7, 11) is 0. The van der Waals surface area contributed by atoms with E-state index in [0.29, 0.717) is 24.2 Å². The van der Waals surface area contributed by atoms with Crippen LogP contribution >= 0.6 is 0 Å². The van der Waals surface area contributed by atoms with Gasteiger partial charge in [-0.05, 0) is 38.1 Å². The smallest absolute Gasteiger partial charge is 0.188 e. The maximum Gasteiger partial charge on any atom is 0.188 e. The van der Waals surface area contributed by atoms with E-state index >= 15 is 0 Å². The van der Waals surface area contributed by atoms with Crippen LogP contribution in [0.2, 0.25) is 0 Å². The van der Waals surface area contributed by atoms with Crippen LogP contribution in [0.4, 0.5) is 11.4 Å². The van der Waals surface area contributed by atoms with Gasteiger partial charge in [0.25, 0.3) is 0 Å². The van der Waals surface area contributed by atoms with Gasteiger partial charge in [0.05, 0.1) is 11.1 Å². The fraction of sp³-hybridized carbons (Fsp3) is 0.286. The number of anilines is 2. The van der Waals surface area contributed by atoms with Crippen LogP contribution in [-0.4, -0.2) is 24.7 Å². The number of carbonyl (C=O) groups excluding carboxylic acids is 2. The van der Waals surface area contributed by atoms with Crippen molar-refractivity contribution in [3.8, 4) is 0 Å². The summed E-state index contributed by atoms with van der Waals surface area (Å²) in [6, 6.07) is 3.68. The molecule has 2 rings (SSSR count). The summed E-state index contributed by atoms with van der Waals surface area (Å²) in [5.41, 5.74) is 2.39. The number of allylic oxidation sites excluding steroid dienone is 2. The van der Waals surface area contributed by atoms with Crippen LogP contribution in [0.25, 0.3) is 0 Å². The van der Waals surface area contributed by atoms with Gasteiger partial charge in [-0.2, -0.15) is 0 Å². The first kappa shape index (κ1) is 12.4. The van der Waals surface area contributed by atoms with Gasteiger partial charge in [0.1, 0.15) is 0 Å². The summed E-state index contributed by atoms with van der Waals surface area (Å²) in [4.78, 5) is 24.0. The minimum absolute atomic E-state index is 0.125. The normalized spacial score (nSPS) is 13.4. The standard InChI is InChI=1S/C14H16N2O2/c1-3-15-9-5-6-10(16-4-2)14-12(18)8-7-11(17)13(9)14/h5-8,15-16H,3-4H2,1-2H3. The molecule has 0 unspecified atom stereocenters. The first-order valence-corrected chi connectivity index (χ1v) is 6.10.